The molecular weight excluding hydrogens is 274 g/mol. The molecule has 1 aromatic rings. The third-order valence-corrected chi connectivity index (χ3v) is 5.19. The molecule has 1 atom stereocenters. The topological polar surface area (TPSA) is 26.8 Å². The minimum atomic E-state index is 0.129. The Morgan fingerprint density at radius 1 is 1.05 bits per heavy atom. The molecule has 0 aliphatic carbocycles. The van der Waals surface area contributed by atoms with Gasteiger partial charge in [-0.15, -0.1) is 0 Å². The average Bonchev–Trinajstić information content (AvgIpc) is 2.84. The predicted molar refractivity (Wildman–Crippen MR) is 89.0 cm³/mol. The van der Waals surface area contributed by atoms with Gasteiger partial charge in [-0.25, -0.2) is 4.79 Å². The van der Waals surface area contributed by atoms with Gasteiger partial charge in [0.25, 0.3) is 0 Å². The summed E-state index contributed by atoms with van der Waals surface area (Å²) in [5.74, 6) is 0.421. The lowest BCUT2D eigenvalue weighted by atomic mass is 9.78. The summed E-state index contributed by atoms with van der Waals surface area (Å²) in [5, 5.41) is 0. The van der Waals surface area contributed by atoms with Gasteiger partial charge >= 0.3 is 6.03 Å². The lowest BCUT2D eigenvalue weighted by molar-refractivity contribution is 0.126. The molecule has 4 nitrogen and oxygen atoms in total. The second kappa shape index (κ2) is 5.92. The van der Waals surface area contributed by atoms with E-state index in [0.29, 0.717) is 5.92 Å². The molecule has 0 saturated carbocycles. The summed E-state index contributed by atoms with van der Waals surface area (Å²) < 4.78 is 0. The van der Waals surface area contributed by atoms with E-state index < -0.39 is 0 Å². The van der Waals surface area contributed by atoms with Gasteiger partial charge in [0.05, 0.1) is 0 Å². The van der Waals surface area contributed by atoms with E-state index in [1.807, 2.05) is 4.90 Å². The highest BCUT2D eigenvalue weighted by Crippen LogP contribution is 2.42. The maximum atomic E-state index is 12.8. The molecule has 22 heavy (non-hydrogen) atoms. The van der Waals surface area contributed by atoms with Gasteiger partial charge in [-0.3, -0.25) is 0 Å². The molecule has 2 aliphatic heterocycles. The van der Waals surface area contributed by atoms with Crippen LogP contribution in [0.15, 0.2) is 30.3 Å². The fourth-order valence-electron chi connectivity index (χ4n) is 3.72. The fraction of sp³-hybridized carbons (Fsp3) is 0.611. The summed E-state index contributed by atoms with van der Waals surface area (Å²) in [5.41, 5.74) is 1.48. The van der Waals surface area contributed by atoms with Gasteiger partial charge < -0.3 is 14.7 Å². The van der Waals surface area contributed by atoms with E-state index in [9.17, 15) is 4.79 Å². The van der Waals surface area contributed by atoms with Crippen molar-refractivity contribution in [1.29, 1.82) is 0 Å². The Bertz CT molecular complexity index is 520. The van der Waals surface area contributed by atoms with Crippen LogP contribution in [0.25, 0.3) is 0 Å². The first-order valence-electron chi connectivity index (χ1n) is 8.25. The first-order valence-corrected chi connectivity index (χ1v) is 8.25. The van der Waals surface area contributed by atoms with Gasteiger partial charge in [-0.05, 0) is 18.0 Å². The fourth-order valence-corrected chi connectivity index (χ4v) is 3.72. The normalized spacial score (nSPS) is 25.5. The zero-order chi connectivity index (χ0) is 15.7. The van der Waals surface area contributed by atoms with Crippen LogP contribution in [-0.4, -0.2) is 67.0 Å². The van der Waals surface area contributed by atoms with Crippen molar-refractivity contribution in [2.75, 3.05) is 46.3 Å². The van der Waals surface area contributed by atoms with Crippen molar-refractivity contribution in [3.63, 3.8) is 0 Å². The number of likely N-dealkylation sites (tertiary alicyclic amines) is 1. The predicted octanol–water partition coefficient (Wildman–Crippen LogP) is 2.48. The quantitative estimate of drug-likeness (QED) is 0.797. The Morgan fingerprint density at radius 2 is 1.68 bits per heavy atom. The first kappa shape index (κ1) is 15.3. The Labute approximate surface area is 133 Å². The van der Waals surface area contributed by atoms with E-state index in [1.165, 1.54) is 5.56 Å². The van der Waals surface area contributed by atoms with E-state index in [2.05, 4.69) is 61.0 Å². The highest BCUT2D eigenvalue weighted by Gasteiger charge is 2.43. The van der Waals surface area contributed by atoms with Gasteiger partial charge in [0.2, 0.25) is 0 Å². The van der Waals surface area contributed by atoms with Gasteiger partial charge in [-0.2, -0.15) is 0 Å². The molecule has 3 rings (SSSR count). The highest BCUT2D eigenvalue weighted by atomic mass is 16.2. The average molecular weight is 301 g/mol. The maximum absolute atomic E-state index is 12.8. The lowest BCUT2D eigenvalue weighted by Gasteiger charge is -2.35. The van der Waals surface area contributed by atoms with Gasteiger partial charge in [0.1, 0.15) is 0 Å². The van der Waals surface area contributed by atoms with Crippen molar-refractivity contribution in [2.45, 2.75) is 19.8 Å². The van der Waals surface area contributed by atoms with Crippen LogP contribution in [0, 0.1) is 5.41 Å². The minimum absolute atomic E-state index is 0.129. The molecule has 0 N–H and O–H groups in total. The Morgan fingerprint density at radius 3 is 2.32 bits per heavy atom. The largest absolute Gasteiger partial charge is 0.323 e. The monoisotopic (exact) mass is 301 g/mol. The van der Waals surface area contributed by atoms with Crippen LogP contribution in [0.4, 0.5) is 4.79 Å². The molecular formula is C18H27N3O. The van der Waals surface area contributed by atoms with Crippen molar-refractivity contribution in [2.24, 2.45) is 5.41 Å². The van der Waals surface area contributed by atoms with Gasteiger partial charge in [0, 0.05) is 45.2 Å². The summed E-state index contributed by atoms with van der Waals surface area (Å²) >= 11 is 0. The zero-order valence-electron chi connectivity index (χ0n) is 14.0. The molecule has 2 saturated heterocycles. The number of hydrogen-bond acceptors (Lipinski definition) is 2. The first-order chi connectivity index (χ1) is 10.5. The molecule has 0 unspecified atom stereocenters. The third kappa shape index (κ3) is 2.98. The van der Waals surface area contributed by atoms with E-state index in [4.69, 9.17) is 0 Å². The molecule has 2 heterocycles. The maximum Gasteiger partial charge on any atom is 0.320 e. The summed E-state index contributed by atoms with van der Waals surface area (Å²) in [6.07, 6.45) is 0. The molecule has 0 aromatic heterocycles. The van der Waals surface area contributed by atoms with Crippen molar-refractivity contribution >= 4 is 6.03 Å². The molecule has 0 bridgehead atoms. The van der Waals surface area contributed by atoms with Crippen molar-refractivity contribution in [3.8, 4) is 0 Å². The summed E-state index contributed by atoms with van der Waals surface area (Å²) in [6.45, 7) is 9.89. The van der Waals surface area contributed by atoms with Crippen LogP contribution in [0.2, 0.25) is 0 Å². The smallest absolute Gasteiger partial charge is 0.320 e. The van der Waals surface area contributed by atoms with Crippen LogP contribution in [-0.2, 0) is 0 Å². The molecule has 2 aliphatic rings. The van der Waals surface area contributed by atoms with Crippen LogP contribution >= 0.6 is 0 Å². The van der Waals surface area contributed by atoms with Gasteiger partial charge in [-0.1, -0.05) is 44.2 Å². The van der Waals surface area contributed by atoms with Gasteiger partial charge in [0.15, 0.2) is 0 Å². The second-order valence-corrected chi connectivity index (χ2v) is 7.41. The number of nitrogens with zero attached hydrogens (tertiary/aromatic N) is 3. The molecule has 4 heteroatoms. The van der Waals surface area contributed by atoms with Crippen molar-refractivity contribution in [1.82, 2.24) is 14.7 Å². The number of urea groups is 1. The molecule has 2 amide bonds. The lowest BCUT2D eigenvalue weighted by Crippen LogP contribution is -2.51. The van der Waals surface area contributed by atoms with E-state index in [0.717, 1.165) is 39.3 Å². The zero-order valence-corrected chi connectivity index (χ0v) is 14.0. The molecule has 1 aromatic carbocycles. The van der Waals surface area contributed by atoms with Crippen LogP contribution in [0.3, 0.4) is 0 Å². The highest BCUT2D eigenvalue weighted by molar-refractivity contribution is 5.75. The second-order valence-electron chi connectivity index (χ2n) is 7.41. The molecule has 0 spiro atoms. The van der Waals surface area contributed by atoms with Crippen LogP contribution in [0.1, 0.15) is 25.3 Å². The number of amides is 2. The van der Waals surface area contributed by atoms with E-state index >= 15 is 0 Å². The minimum Gasteiger partial charge on any atom is -0.323 e. The van der Waals surface area contributed by atoms with Crippen molar-refractivity contribution < 1.29 is 4.79 Å². The number of benzene rings is 1. The number of likely N-dealkylation sites (N-methyl/N-ethyl adjacent to an activating group) is 1. The third-order valence-electron chi connectivity index (χ3n) is 5.19. The number of hydrogen-bond donors (Lipinski definition) is 0. The SMILES string of the molecule is CN1CCN(C(=O)N2C[C@@H](c3ccccc3)C(C)(C)C2)CC1. The summed E-state index contributed by atoms with van der Waals surface area (Å²) in [4.78, 5) is 19.2. The summed E-state index contributed by atoms with van der Waals surface area (Å²) in [6, 6.07) is 10.8. The van der Waals surface area contributed by atoms with Crippen LogP contribution < -0.4 is 0 Å². The van der Waals surface area contributed by atoms with Crippen LogP contribution in [0.5, 0.6) is 0 Å². The molecule has 2 fully saturated rings. The van der Waals surface area contributed by atoms with Crippen molar-refractivity contribution in [3.05, 3.63) is 35.9 Å². The Hall–Kier alpha value is -1.55. The number of carbonyl (C=O) groups is 1. The summed E-state index contributed by atoms with van der Waals surface area (Å²) in [7, 11) is 2.12. The Kier molecular flexibility index (Phi) is 4.13. The standard InChI is InChI=1S/C18H27N3O/c1-18(2)14-21(13-16(18)15-7-5-4-6-8-15)17(22)20-11-9-19(3)10-12-20/h4-8,16H,9-14H2,1-3H3/t16-/m0/s1. The van der Waals surface area contributed by atoms with E-state index in [1.54, 1.807) is 0 Å². The van der Waals surface area contributed by atoms with E-state index in [-0.39, 0.29) is 11.4 Å². The number of rotatable bonds is 1. The molecule has 0 radical (unpaired) electrons. The Balaban J connectivity index is 1.71. The number of carbonyl (C=O) groups excluding carboxylic acids is 1. The molecule has 120 valence electrons. The number of piperazine rings is 1.